The molecule has 6 nitrogen and oxygen atoms in total. The van der Waals surface area contributed by atoms with Gasteiger partial charge in [0.2, 0.25) is 5.91 Å². The summed E-state index contributed by atoms with van der Waals surface area (Å²) >= 11 is 0. The van der Waals surface area contributed by atoms with E-state index in [2.05, 4.69) is 0 Å². The minimum Gasteiger partial charge on any atom is -0.481 e. The van der Waals surface area contributed by atoms with Crippen LogP contribution in [0.4, 0.5) is 0 Å². The number of hydrogen-bond acceptors (Lipinski definition) is 4. The summed E-state index contributed by atoms with van der Waals surface area (Å²) < 4.78 is 11.3. The van der Waals surface area contributed by atoms with E-state index < -0.39 is 5.97 Å². The summed E-state index contributed by atoms with van der Waals surface area (Å²) in [5.41, 5.74) is 0. The Morgan fingerprint density at radius 2 is 1.71 bits per heavy atom. The van der Waals surface area contributed by atoms with Crippen molar-refractivity contribution in [1.82, 2.24) is 4.90 Å². The highest BCUT2D eigenvalue weighted by atomic mass is 16.5. The van der Waals surface area contributed by atoms with E-state index in [-0.39, 0.29) is 36.7 Å². The van der Waals surface area contributed by atoms with Crippen LogP contribution in [-0.2, 0) is 19.1 Å². The van der Waals surface area contributed by atoms with Gasteiger partial charge in [-0.05, 0) is 39.5 Å². The number of hydrogen-bond donors (Lipinski definition) is 1. The molecule has 0 aromatic rings. The third kappa shape index (κ3) is 4.68. The summed E-state index contributed by atoms with van der Waals surface area (Å²) in [5.74, 6) is -0.973. The summed E-state index contributed by atoms with van der Waals surface area (Å²) in [5, 5.41) is 8.95. The minimum absolute atomic E-state index is 0.00245. The van der Waals surface area contributed by atoms with Crippen LogP contribution in [0.1, 0.15) is 39.5 Å². The average Bonchev–Trinajstić information content (AvgIpc) is 2.44. The van der Waals surface area contributed by atoms with Crippen molar-refractivity contribution in [2.75, 3.05) is 19.7 Å². The van der Waals surface area contributed by atoms with Gasteiger partial charge < -0.3 is 19.5 Å². The van der Waals surface area contributed by atoms with Crippen molar-refractivity contribution in [3.05, 3.63) is 0 Å². The van der Waals surface area contributed by atoms with Gasteiger partial charge in [-0.1, -0.05) is 0 Å². The van der Waals surface area contributed by atoms with E-state index >= 15 is 0 Å². The summed E-state index contributed by atoms with van der Waals surface area (Å²) in [6.07, 6.45) is 2.85. The fraction of sp³-hybridized carbons (Fsp3) is 0.867. The van der Waals surface area contributed by atoms with Crippen LogP contribution in [0.5, 0.6) is 0 Å². The SMILES string of the molecule is CC1CN(C(=O)COC2CCC(C(=O)O)CC2)CC(C)O1. The van der Waals surface area contributed by atoms with Gasteiger partial charge in [0.25, 0.3) is 0 Å². The highest BCUT2D eigenvalue weighted by Gasteiger charge is 2.29. The quantitative estimate of drug-likeness (QED) is 0.846. The molecule has 0 spiro atoms. The Morgan fingerprint density at radius 3 is 2.24 bits per heavy atom. The first kappa shape index (κ1) is 16.2. The molecule has 1 amide bonds. The number of nitrogens with zero attached hydrogens (tertiary/aromatic N) is 1. The van der Waals surface area contributed by atoms with Crippen molar-refractivity contribution in [3.63, 3.8) is 0 Å². The molecule has 0 aromatic heterocycles. The second-order valence-electron chi connectivity index (χ2n) is 6.18. The number of rotatable bonds is 4. The number of amides is 1. The van der Waals surface area contributed by atoms with Gasteiger partial charge in [-0.3, -0.25) is 9.59 Å². The predicted octanol–water partition coefficient (Wildman–Crippen LogP) is 1.28. The second kappa shape index (κ2) is 7.22. The first-order chi connectivity index (χ1) is 9.95. The molecule has 0 bridgehead atoms. The van der Waals surface area contributed by atoms with E-state index in [1.807, 2.05) is 13.8 Å². The molecule has 1 aliphatic heterocycles. The fourth-order valence-electron chi connectivity index (χ4n) is 3.14. The summed E-state index contributed by atoms with van der Waals surface area (Å²) in [6, 6.07) is 0. The largest absolute Gasteiger partial charge is 0.481 e. The number of ether oxygens (including phenoxy) is 2. The smallest absolute Gasteiger partial charge is 0.306 e. The van der Waals surface area contributed by atoms with E-state index in [1.54, 1.807) is 4.90 Å². The van der Waals surface area contributed by atoms with Crippen molar-refractivity contribution in [2.45, 2.75) is 57.8 Å². The molecule has 120 valence electrons. The number of carbonyl (C=O) groups excluding carboxylic acids is 1. The molecule has 6 heteroatoms. The van der Waals surface area contributed by atoms with Crippen LogP contribution >= 0.6 is 0 Å². The van der Waals surface area contributed by atoms with Crippen molar-refractivity contribution >= 4 is 11.9 Å². The van der Waals surface area contributed by atoms with Gasteiger partial charge in [-0.25, -0.2) is 0 Å². The monoisotopic (exact) mass is 299 g/mol. The maximum Gasteiger partial charge on any atom is 0.306 e. The lowest BCUT2D eigenvalue weighted by molar-refractivity contribution is -0.152. The number of aliphatic carboxylic acids is 1. The van der Waals surface area contributed by atoms with E-state index in [1.165, 1.54) is 0 Å². The molecule has 1 saturated heterocycles. The Bertz CT molecular complexity index is 368. The number of carbonyl (C=O) groups is 2. The zero-order chi connectivity index (χ0) is 15.4. The van der Waals surface area contributed by atoms with Gasteiger partial charge in [0.15, 0.2) is 0 Å². The molecular formula is C15H25NO5. The molecule has 1 saturated carbocycles. The molecule has 2 unspecified atom stereocenters. The van der Waals surface area contributed by atoms with Crippen LogP contribution in [0.25, 0.3) is 0 Å². The molecule has 0 radical (unpaired) electrons. The van der Waals surface area contributed by atoms with E-state index in [0.717, 1.165) is 12.8 Å². The lowest BCUT2D eigenvalue weighted by Gasteiger charge is -2.35. The van der Waals surface area contributed by atoms with Gasteiger partial charge in [0.1, 0.15) is 6.61 Å². The van der Waals surface area contributed by atoms with Gasteiger partial charge in [0.05, 0.1) is 24.2 Å². The zero-order valence-corrected chi connectivity index (χ0v) is 12.8. The third-order valence-electron chi connectivity index (χ3n) is 4.24. The molecule has 0 aromatic carbocycles. The van der Waals surface area contributed by atoms with E-state index in [4.69, 9.17) is 14.6 Å². The van der Waals surface area contributed by atoms with E-state index in [9.17, 15) is 9.59 Å². The standard InChI is InChI=1S/C15H25NO5/c1-10-7-16(8-11(2)21-10)14(17)9-20-13-5-3-12(4-6-13)15(18)19/h10-13H,3-9H2,1-2H3,(H,18,19). The highest BCUT2D eigenvalue weighted by Crippen LogP contribution is 2.26. The second-order valence-corrected chi connectivity index (χ2v) is 6.18. The maximum atomic E-state index is 12.2. The van der Waals surface area contributed by atoms with Gasteiger partial charge in [0, 0.05) is 13.1 Å². The van der Waals surface area contributed by atoms with Crippen molar-refractivity contribution < 1.29 is 24.2 Å². The van der Waals surface area contributed by atoms with Crippen LogP contribution in [0.15, 0.2) is 0 Å². The molecule has 2 fully saturated rings. The van der Waals surface area contributed by atoms with Crippen LogP contribution < -0.4 is 0 Å². The Balaban J connectivity index is 1.71. The fourth-order valence-corrected chi connectivity index (χ4v) is 3.14. The highest BCUT2D eigenvalue weighted by molar-refractivity contribution is 5.77. The number of morpholine rings is 1. The van der Waals surface area contributed by atoms with Gasteiger partial charge in [-0.2, -0.15) is 0 Å². The molecule has 2 aliphatic rings. The predicted molar refractivity (Wildman–Crippen MR) is 75.9 cm³/mol. The lowest BCUT2D eigenvalue weighted by Crippen LogP contribution is -2.49. The number of carboxylic acids is 1. The summed E-state index contributed by atoms with van der Waals surface area (Å²) in [6.45, 7) is 5.23. The van der Waals surface area contributed by atoms with Crippen molar-refractivity contribution in [1.29, 1.82) is 0 Å². The van der Waals surface area contributed by atoms with Crippen LogP contribution in [0, 0.1) is 5.92 Å². The first-order valence-corrected chi connectivity index (χ1v) is 7.73. The van der Waals surface area contributed by atoms with Gasteiger partial charge >= 0.3 is 5.97 Å². The molecule has 21 heavy (non-hydrogen) atoms. The maximum absolute atomic E-state index is 12.2. The molecule has 2 rings (SSSR count). The Kier molecular flexibility index (Phi) is 5.58. The third-order valence-corrected chi connectivity index (χ3v) is 4.24. The van der Waals surface area contributed by atoms with Gasteiger partial charge in [-0.15, -0.1) is 0 Å². The van der Waals surface area contributed by atoms with E-state index in [0.29, 0.717) is 25.9 Å². The minimum atomic E-state index is -0.721. The summed E-state index contributed by atoms with van der Waals surface area (Å²) in [4.78, 5) is 24.8. The summed E-state index contributed by atoms with van der Waals surface area (Å²) in [7, 11) is 0. The van der Waals surface area contributed by atoms with Crippen molar-refractivity contribution in [3.8, 4) is 0 Å². The molecule has 2 atom stereocenters. The first-order valence-electron chi connectivity index (χ1n) is 7.73. The Hall–Kier alpha value is -1.14. The molecular weight excluding hydrogens is 274 g/mol. The topological polar surface area (TPSA) is 76.1 Å². The zero-order valence-electron chi connectivity index (χ0n) is 12.8. The van der Waals surface area contributed by atoms with Crippen LogP contribution in [0.2, 0.25) is 0 Å². The lowest BCUT2D eigenvalue weighted by atomic mass is 9.87. The normalized spacial score (nSPS) is 33.7. The van der Waals surface area contributed by atoms with Crippen LogP contribution in [0.3, 0.4) is 0 Å². The Labute approximate surface area is 125 Å². The van der Waals surface area contributed by atoms with Crippen LogP contribution in [-0.4, -0.2) is 59.9 Å². The molecule has 1 heterocycles. The average molecular weight is 299 g/mol. The molecule has 1 aliphatic carbocycles. The Morgan fingerprint density at radius 1 is 1.14 bits per heavy atom. The number of carboxylic acid groups (broad SMARTS) is 1. The molecule has 1 N–H and O–H groups in total. The van der Waals surface area contributed by atoms with Crippen molar-refractivity contribution in [2.24, 2.45) is 5.92 Å².